The predicted octanol–water partition coefficient (Wildman–Crippen LogP) is 1.10. The molecule has 1 unspecified atom stereocenters. The average Bonchev–Trinajstić information content (AvgIpc) is 2.11. The lowest BCUT2D eigenvalue weighted by molar-refractivity contribution is -0.125. The van der Waals surface area contributed by atoms with Crippen LogP contribution in [0.25, 0.3) is 0 Å². The standard InChI is InChI=1S/C9H19F3N2O/c1-8(14(2)4-5-15-3)6-13-7-9(10,11)12/h8,13H,4-7H2,1-3H3. The highest BCUT2D eigenvalue weighted by molar-refractivity contribution is 4.67. The van der Waals surface area contributed by atoms with Gasteiger partial charge in [0.05, 0.1) is 13.2 Å². The lowest BCUT2D eigenvalue weighted by atomic mass is 10.3. The molecule has 1 atom stereocenters. The minimum atomic E-state index is -4.13. The molecule has 0 heterocycles. The van der Waals surface area contributed by atoms with Crippen LogP contribution in [0.4, 0.5) is 13.2 Å². The maximum absolute atomic E-state index is 11.8. The third-order valence-electron chi connectivity index (χ3n) is 2.17. The molecule has 0 saturated heterocycles. The first-order valence-electron chi connectivity index (χ1n) is 4.83. The van der Waals surface area contributed by atoms with Gasteiger partial charge in [-0.1, -0.05) is 0 Å². The van der Waals surface area contributed by atoms with Crippen molar-refractivity contribution >= 4 is 0 Å². The van der Waals surface area contributed by atoms with Crippen LogP contribution in [0.1, 0.15) is 6.92 Å². The first-order valence-corrected chi connectivity index (χ1v) is 4.83. The molecule has 0 aliphatic heterocycles. The van der Waals surface area contributed by atoms with Crippen molar-refractivity contribution in [2.45, 2.75) is 19.1 Å². The largest absolute Gasteiger partial charge is 0.401 e. The van der Waals surface area contributed by atoms with Crippen molar-refractivity contribution in [2.75, 3.05) is 40.4 Å². The highest BCUT2D eigenvalue weighted by Gasteiger charge is 2.26. The molecule has 0 rings (SSSR count). The van der Waals surface area contributed by atoms with Crippen LogP contribution in [0.5, 0.6) is 0 Å². The number of ether oxygens (including phenoxy) is 1. The Labute approximate surface area is 88.6 Å². The average molecular weight is 228 g/mol. The smallest absolute Gasteiger partial charge is 0.383 e. The number of hydrogen-bond donors (Lipinski definition) is 1. The molecular formula is C9H19F3N2O. The van der Waals surface area contributed by atoms with E-state index in [1.54, 1.807) is 7.11 Å². The van der Waals surface area contributed by atoms with Crippen LogP contribution >= 0.6 is 0 Å². The van der Waals surface area contributed by atoms with Gasteiger partial charge in [0.25, 0.3) is 0 Å². The molecule has 3 nitrogen and oxygen atoms in total. The molecule has 92 valence electrons. The Kier molecular flexibility index (Phi) is 6.87. The molecule has 0 aromatic carbocycles. The van der Waals surface area contributed by atoms with E-state index in [2.05, 4.69) is 5.32 Å². The van der Waals surface area contributed by atoms with Crippen LogP contribution in [0.2, 0.25) is 0 Å². The summed E-state index contributed by atoms with van der Waals surface area (Å²) in [7, 11) is 3.46. The van der Waals surface area contributed by atoms with E-state index >= 15 is 0 Å². The Hall–Kier alpha value is -0.330. The SMILES string of the molecule is COCCN(C)C(C)CNCC(F)(F)F. The number of alkyl halides is 3. The Morgan fingerprint density at radius 2 is 2.00 bits per heavy atom. The van der Waals surface area contributed by atoms with Crippen LogP contribution < -0.4 is 5.32 Å². The van der Waals surface area contributed by atoms with Gasteiger partial charge in [-0.15, -0.1) is 0 Å². The van der Waals surface area contributed by atoms with Gasteiger partial charge in [-0.2, -0.15) is 13.2 Å². The Balaban J connectivity index is 3.59. The van der Waals surface area contributed by atoms with Crippen molar-refractivity contribution in [3.63, 3.8) is 0 Å². The molecule has 0 amide bonds. The number of methoxy groups -OCH3 is 1. The van der Waals surface area contributed by atoms with Crippen molar-refractivity contribution in [3.05, 3.63) is 0 Å². The minimum Gasteiger partial charge on any atom is -0.383 e. The second kappa shape index (κ2) is 7.03. The maximum atomic E-state index is 11.8. The zero-order valence-corrected chi connectivity index (χ0v) is 9.40. The number of likely N-dealkylation sites (N-methyl/N-ethyl adjacent to an activating group) is 1. The number of hydrogen-bond acceptors (Lipinski definition) is 3. The van der Waals surface area contributed by atoms with E-state index < -0.39 is 12.7 Å². The molecule has 0 spiro atoms. The van der Waals surface area contributed by atoms with Gasteiger partial charge in [0.1, 0.15) is 0 Å². The fourth-order valence-corrected chi connectivity index (χ4v) is 1.03. The van der Waals surface area contributed by atoms with E-state index in [0.29, 0.717) is 19.7 Å². The number of halogens is 3. The normalized spacial score (nSPS) is 14.6. The van der Waals surface area contributed by atoms with Crippen molar-refractivity contribution in [1.29, 1.82) is 0 Å². The van der Waals surface area contributed by atoms with Crippen LogP contribution in [-0.4, -0.2) is 57.5 Å². The summed E-state index contributed by atoms with van der Waals surface area (Å²) in [5, 5.41) is 2.37. The molecule has 0 radical (unpaired) electrons. The Morgan fingerprint density at radius 3 is 2.47 bits per heavy atom. The lowest BCUT2D eigenvalue weighted by Crippen LogP contribution is -2.42. The zero-order valence-electron chi connectivity index (χ0n) is 9.40. The van der Waals surface area contributed by atoms with Crippen LogP contribution in [0, 0.1) is 0 Å². The third-order valence-corrected chi connectivity index (χ3v) is 2.17. The number of nitrogens with one attached hydrogen (secondary N) is 1. The van der Waals surface area contributed by atoms with Crippen molar-refractivity contribution in [1.82, 2.24) is 10.2 Å². The molecular weight excluding hydrogens is 209 g/mol. The van der Waals surface area contributed by atoms with Gasteiger partial charge >= 0.3 is 6.18 Å². The molecule has 0 aliphatic rings. The van der Waals surface area contributed by atoms with Crippen LogP contribution in [0.15, 0.2) is 0 Å². The molecule has 1 N–H and O–H groups in total. The quantitative estimate of drug-likeness (QED) is 0.706. The van der Waals surface area contributed by atoms with Crippen LogP contribution in [0.3, 0.4) is 0 Å². The molecule has 0 saturated carbocycles. The van der Waals surface area contributed by atoms with Crippen molar-refractivity contribution in [2.24, 2.45) is 0 Å². The van der Waals surface area contributed by atoms with E-state index in [-0.39, 0.29) is 6.04 Å². The summed E-state index contributed by atoms with van der Waals surface area (Å²) in [5.74, 6) is 0. The summed E-state index contributed by atoms with van der Waals surface area (Å²) in [4.78, 5) is 1.95. The van der Waals surface area contributed by atoms with E-state index in [4.69, 9.17) is 4.74 Å². The summed E-state index contributed by atoms with van der Waals surface area (Å²) in [6, 6.07) is 0.0579. The van der Waals surface area contributed by atoms with Gasteiger partial charge in [-0.25, -0.2) is 0 Å². The zero-order chi connectivity index (χ0) is 11.9. The number of nitrogens with zero attached hydrogens (tertiary/aromatic N) is 1. The minimum absolute atomic E-state index is 0.0579. The highest BCUT2D eigenvalue weighted by atomic mass is 19.4. The van der Waals surface area contributed by atoms with Gasteiger partial charge in [0.15, 0.2) is 0 Å². The van der Waals surface area contributed by atoms with Gasteiger partial charge in [-0.3, -0.25) is 0 Å². The molecule has 0 fully saturated rings. The van der Waals surface area contributed by atoms with E-state index in [9.17, 15) is 13.2 Å². The van der Waals surface area contributed by atoms with Crippen LogP contribution in [-0.2, 0) is 4.74 Å². The maximum Gasteiger partial charge on any atom is 0.401 e. The summed E-state index contributed by atoms with van der Waals surface area (Å²) in [6.07, 6.45) is -4.13. The van der Waals surface area contributed by atoms with Gasteiger partial charge in [0, 0.05) is 26.2 Å². The topological polar surface area (TPSA) is 24.5 Å². The van der Waals surface area contributed by atoms with Crippen molar-refractivity contribution < 1.29 is 17.9 Å². The van der Waals surface area contributed by atoms with Gasteiger partial charge in [-0.05, 0) is 14.0 Å². The first kappa shape index (κ1) is 14.7. The van der Waals surface area contributed by atoms with Gasteiger partial charge in [0.2, 0.25) is 0 Å². The monoisotopic (exact) mass is 228 g/mol. The molecule has 0 aromatic rings. The van der Waals surface area contributed by atoms with E-state index in [1.807, 2.05) is 18.9 Å². The second-order valence-corrected chi connectivity index (χ2v) is 3.57. The molecule has 0 bridgehead atoms. The molecule has 6 heteroatoms. The van der Waals surface area contributed by atoms with E-state index in [1.165, 1.54) is 0 Å². The molecule has 15 heavy (non-hydrogen) atoms. The summed E-state index contributed by atoms with van der Waals surface area (Å²) < 4.78 is 40.3. The molecule has 0 aromatic heterocycles. The fourth-order valence-electron chi connectivity index (χ4n) is 1.03. The predicted molar refractivity (Wildman–Crippen MR) is 52.9 cm³/mol. The third kappa shape index (κ3) is 8.65. The molecule has 0 aliphatic carbocycles. The lowest BCUT2D eigenvalue weighted by Gasteiger charge is -2.24. The first-order chi connectivity index (χ1) is 6.87. The Morgan fingerprint density at radius 1 is 1.40 bits per heavy atom. The Bertz CT molecular complexity index is 164. The number of rotatable bonds is 7. The second-order valence-electron chi connectivity index (χ2n) is 3.57. The van der Waals surface area contributed by atoms with Gasteiger partial charge < -0.3 is 15.0 Å². The summed E-state index contributed by atoms with van der Waals surface area (Å²) in [5.41, 5.74) is 0. The summed E-state index contributed by atoms with van der Waals surface area (Å²) in [6.45, 7) is 2.56. The fraction of sp³-hybridized carbons (Fsp3) is 1.00. The highest BCUT2D eigenvalue weighted by Crippen LogP contribution is 2.12. The summed E-state index contributed by atoms with van der Waals surface area (Å²) >= 11 is 0. The van der Waals surface area contributed by atoms with Crippen molar-refractivity contribution in [3.8, 4) is 0 Å². The van der Waals surface area contributed by atoms with E-state index in [0.717, 1.165) is 0 Å².